The summed E-state index contributed by atoms with van der Waals surface area (Å²) >= 11 is 1.58. The largest absolute Gasteiger partial charge is 0.360 e. The second-order valence-electron chi connectivity index (χ2n) is 4.52. The van der Waals surface area contributed by atoms with Gasteiger partial charge in [0, 0.05) is 32.2 Å². The van der Waals surface area contributed by atoms with Gasteiger partial charge in [-0.05, 0) is 13.2 Å². The molecule has 1 saturated heterocycles. The first-order valence-electron chi connectivity index (χ1n) is 6.10. The smallest absolute Gasteiger partial charge is 0.232 e. The first kappa shape index (κ1) is 13.4. The van der Waals surface area contributed by atoms with E-state index in [0.29, 0.717) is 5.75 Å². The lowest BCUT2D eigenvalue weighted by Crippen LogP contribution is -2.48. The minimum atomic E-state index is 0.248. The molecule has 0 spiro atoms. The van der Waals surface area contributed by atoms with E-state index >= 15 is 0 Å². The summed E-state index contributed by atoms with van der Waals surface area (Å²) in [6, 6.07) is 1.96. The number of piperazine rings is 1. The first-order valence-corrected chi connectivity index (χ1v) is 7.49. The van der Waals surface area contributed by atoms with Crippen LogP contribution in [-0.4, -0.2) is 59.1 Å². The topological polar surface area (TPSA) is 49.6 Å². The number of thioether (sulfide) groups is 1. The van der Waals surface area contributed by atoms with Gasteiger partial charge in [-0.1, -0.05) is 5.16 Å². The number of aryl methyl sites for hydroxylation is 1. The third-order valence-corrected chi connectivity index (χ3v) is 3.58. The molecule has 1 aliphatic heterocycles. The molecule has 0 bridgehead atoms. The zero-order valence-corrected chi connectivity index (χ0v) is 11.7. The second-order valence-corrected chi connectivity index (χ2v) is 5.39. The predicted molar refractivity (Wildman–Crippen MR) is 71.5 cm³/mol. The van der Waals surface area contributed by atoms with Gasteiger partial charge in [0.1, 0.15) is 0 Å². The van der Waals surface area contributed by atoms with Crippen molar-refractivity contribution in [2.75, 3.05) is 38.2 Å². The molecule has 0 atom stereocenters. The van der Waals surface area contributed by atoms with Gasteiger partial charge in [-0.2, -0.15) is 11.8 Å². The van der Waals surface area contributed by atoms with E-state index in [1.807, 2.05) is 24.1 Å². The van der Waals surface area contributed by atoms with Crippen LogP contribution in [0.4, 0.5) is 0 Å². The molecule has 1 fully saturated rings. The van der Waals surface area contributed by atoms with Crippen LogP contribution in [0.3, 0.4) is 0 Å². The van der Waals surface area contributed by atoms with Crippen molar-refractivity contribution in [3.05, 3.63) is 17.5 Å². The molecule has 0 N–H and O–H groups in total. The Morgan fingerprint density at radius 3 is 2.72 bits per heavy atom. The van der Waals surface area contributed by atoms with Crippen molar-refractivity contribution < 1.29 is 9.32 Å². The van der Waals surface area contributed by atoms with E-state index in [1.54, 1.807) is 11.8 Å². The normalized spacial score (nSPS) is 17.1. The predicted octanol–water partition coefficient (Wildman–Crippen LogP) is 0.990. The second kappa shape index (κ2) is 6.24. The van der Waals surface area contributed by atoms with Gasteiger partial charge < -0.3 is 9.42 Å². The summed E-state index contributed by atoms with van der Waals surface area (Å²) in [5.41, 5.74) is 0.916. The minimum Gasteiger partial charge on any atom is -0.360 e. The molecule has 0 unspecified atom stereocenters. The van der Waals surface area contributed by atoms with E-state index in [0.717, 1.165) is 44.2 Å². The molecule has 0 radical (unpaired) electrons. The molecule has 5 nitrogen and oxygen atoms in total. The van der Waals surface area contributed by atoms with Gasteiger partial charge in [0.25, 0.3) is 0 Å². The van der Waals surface area contributed by atoms with Gasteiger partial charge in [0.15, 0.2) is 5.76 Å². The highest BCUT2D eigenvalue weighted by atomic mass is 32.2. The number of rotatable bonds is 4. The molecule has 18 heavy (non-hydrogen) atoms. The molecule has 0 aliphatic carbocycles. The van der Waals surface area contributed by atoms with Crippen LogP contribution < -0.4 is 0 Å². The standard InChI is InChI=1S/C12H19N3O2S/c1-10-7-11(17-13-10)8-14-3-5-15(6-4-14)12(16)9-18-2/h7H,3-6,8-9H2,1-2H3. The number of nitrogens with zero attached hydrogens (tertiary/aromatic N) is 3. The van der Waals surface area contributed by atoms with Gasteiger partial charge >= 0.3 is 0 Å². The van der Waals surface area contributed by atoms with Crippen molar-refractivity contribution in [1.82, 2.24) is 15.0 Å². The summed E-state index contributed by atoms with van der Waals surface area (Å²) < 4.78 is 5.20. The molecule has 2 heterocycles. The molecule has 1 aromatic heterocycles. The van der Waals surface area contributed by atoms with Crippen LogP contribution in [-0.2, 0) is 11.3 Å². The molecule has 1 amide bonds. The van der Waals surface area contributed by atoms with E-state index in [1.165, 1.54) is 0 Å². The summed E-state index contributed by atoms with van der Waals surface area (Å²) in [5.74, 6) is 1.73. The monoisotopic (exact) mass is 269 g/mol. The Morgan fingerprint density at radius 2 is 2.17 bits per heavy atom. The maximum atomic E-state index is 11.7. The van der Waals surface area contributed by atoms with Gasteiger partial charge in [-0.3, -0.25) is 9.69 Å². The number of hydrogen-bond acceptors (Lipinski definition) is 5. The average Bonchev–Trinajstić information content (AvgIpc) is 2.76. The zero-order valence-electron chi connectivity index (χ0n) is 10.9. The molecule has 2 rings (SSSR count). The third kappa shape index (κ3) is 3.49. The molecule has 6 heteroatoms. The number of amides is 1. The van der Waals surface area contributed by atoms with Crippen molar-refractivity contribution >= 4 is 17.7 Å². The van der Waals surface area contributed by atoms with Crippen molar-refractivity contribution in [2.45, 2.75) is 13.5 Å². The lowest BCUT2D eigenvalue weighted by atomic mass is 10.3. The maximum Gasteiger partial charge on any atom is 0.232 e. The fourth-order valence-electron chi connectivity index (χ4n) is 2.08. The highest BCUT2D eigenvalue weighted by Crippen LogP contribution is 2.10. The van der Waals surface area contributed by atoms with Gasteiger partial charge in [-0.25, -0.2) is 0 Å². The minimum absolute atomic E-state index is 0.248. The number of carbonyl (C=O) groups is 1. The van der Waals surface area contributed by atoms with Crippen LogP contribution in [0, 0.1) is 6.92 Å². The highest BCUT2D eigenvalue weighted by Gasteiger charge is 2.21. The Bertz CT molecular complexity index is 400. The summed E-state index contributed by atoms with van der Waals surface area (Å²) in [6.45, 7) is 6.14. The Labute approximate surface area is 111 Å². The number of aromatic nitrogens is 1. The van der Waals surface area contributed by atoms with Gasteiger partial charge in [0.2, 0.25) is 5.91 Å². The Balaban J connectivity index is 1.78. The lowest BCUT2D eigenvalue weighted by molar-refractivity contribution is -0.130. The van der Waals surface area contributed by atoms with Crippen molar-refractivity contribution in [2.24, 2.45) is 0 Å². The van der Waals surface area contributed by atoms with Crippen molar-refractivity contribution in [3.63, 3.8) is 0 Å². The fourth-order valence-corrected chi connectivity index (χ4v) is 2.51. The average molecular weight is 269 g/mol. The van der Waals surface area contributed by atoms with E-state index in [4.69, 9.17) is 4.52 Å². The van der Waals surface area contributed by atoms with E-state index in [2.05, 4.69) is 10.1 Å². The molecule has 1 aromatic rings. The first-order chi connectivity index (χ1) is 8.69. The Hall–Kier alpha value is -1.01. The summed E-state index contributed by atoms with van der Waals surface area (Å²) in [5, 5.41) is 3.88. The SMILES string of the molecule is CSCC(=O)N1CCN(Cc2cc(C)no2)CC1. The van der Waals surface area contributed by atoms with E-state index in [9.17, 15) is 4.79 Å². The van der Waals surface area contributed by atoms with E-state index in [-0.39, 0.29) is 5.91 Å². The van der Waals surface area contributed by atoms with Gasteiger partial charge in [-0.15, -0.1) is 0 Å². The summed E-state index contributed by atoms with van der Waals surface area (Å²) in [7, 11) is 0. The van der Waals surface area contributed by atoms with Gasteiger partial charge in [0.05, 0.1) is 18.0 Å². The molecule has 100 valence electrons. The summed E-state index contributed by atoms with van der Waals surface area (Å²) in [4.78, 5) is 16.0. The number of hydrogen-bond donors (Lipinski definition) is 0. The maximum absolute atomic E-state index is 11.7. The van der Waals surface area contributed by atoms with Crippen LogP contribution in [0.1, 0.15) is 11.5 Å². The zero-order chi connectivity index (χ0) is 13.0. The number of carbonyl (C=O) groups excluding carboxylic acids is 1. The fraction of sp³-hybridized carbons (Fsp3) is 0.667. The Kier molecular flexibility index (Phi) is 4.66. The van der Waals surface area contributed by atoms with Crippen LogP contribution in [0.25, 0.3) is 0 Å². The third-order valence-electron chi connectivity index (χ3n) is 3.05. The van der Waals surface area contributed by atoms with E-state index < -0.39 is 0 Å². The van der Waals surface area contributed by atoms with Crippen LogP contribution in [0.5, 0.6) is 0 Å². The summed E-state index contributed by atoms with van der Waals surface area (Å²) in [6.07, 6.45) is 1.96. The molecule has 0 saturated carbocycles. The van der Waals surface area contributed by atoms with Crippen LogP contribution >= 0.6 is 11.8 Å². The van der Waals surface area contributed by atoms with Crippen molar-refractivity contribution in [1.29, 1.82) is 0 Å². The Morgan fingerprint density at radius 1 is 1.44 bits per heavy atom. The van der Waals surface area contributed by atoms with Crippen LogP contribution in [0.2, 0.25) is 0 Å². The lowest BCUT2D eigenvalue weighted by Gasteiger charge is -2.34. The quantitative estimate of drug-likeness (QED) is 0.816. The van der Waals surface area contributed by atoms with Crippen molar-refractivity contribution in [3.8, 4) is 0 Å². The van der Waals surface area contributed by atoms with Crippen LogP contribution in [0.15, 0.2) is 10.6 Å². The molecule has 1 aliphatic rings. The highest BCUT2D eigenvalue weighted by molar-refractivity contribution is 7.99. The molecule has 0 aromatic carbocycles. The molecular weight excluding hydrogens is 250 g/mol. The molecular formula is C12H19N3O2S.